The summed E-state index contributed by atoms with van der Waals surface area (Å²) in [6, 6.07) is 11.6. The van der Waals surface area contributed by atoms with Gasteiger partial charge in [-0.3, -0.25) is 9.69 Å². The molecule has 7 nitrogen and oxygen atoms in total. The summed E-state index contributed by atoms with van der Waals surface area (Å²) in [5, 5.41) is 1.08. The number of carbonyl (C=O) groups is 1. The van der Waals surface area contributed by atoms with Gasteiger partial charge < -0.3 is 4.90 Å². The predicted molar refractivity (Wildman–Crippen MR) is 138 cm³/mol. The van der Waals surface area contributed by atoms with Gasteiger partial charge in [0.15, 0.2) is 5.13 Å². The number of hydrogen-bond donors (Lipinski definition) is 0. The van der Waals surface area contributed by atoms with Crippen molar-refractivity contribution in [3.05, 3.63) is 53.1 Å². The minimum Gasteiger partial charge on any atom is -0.309 e. The average Bonchev–Trinajstić information content (AvgIpc) is 3.45. The maximum atomic E-state index is 13.9. The van der Waals surface area contributed by atoms with E-state index in [0.29, 0.717) is 41.6 Å². The molecule has 1 fully saturated rings. The zero-order chi connectivity index (χ0) is 24.5. The molecule has 1 aromatic heterocycles. The molecule has 182 valence electrons. The highest BCUT2D eigenvalue weighted by molar-refractivity contribution is 7.89. The number of carbonyl (C=O) groups excluding carboxylic acids is 1. The van der Waals surface area contributed by atoms with E-state index in [1.807, 2.05) is 33.2 Å². The van der Waals surface area contributed by atoms with E-state index < -0.39 is 16.1 Å². The Morgan fingerprint density at radius 1 is 1.18 bits per heavy atom. The number of rotatable bonds is 8. The molecule has 1 unspecified atom stereocenters. The third-order valence-electron chi connectivity index (χ3n) is 5.96. The molecule has 0 saturated carbocycles. The minimum absolute atomic E-state index is 0.212. The number of thiazole rings is 1. The molecule has 34 heavy (non-hydrogen) atoms. The first-order chi connectivity index (χ1) is 16.2. The molecular weight excluding hydrogens is 492 g/mol. The Kier molecular flexibility index (Phi) is 7.59. The van der Waals surface area contributed by atoms with Crippen LogP contribution in [0.25, 0.3) is 10.2 Å². The number of para-hydroxylation sites is 1. The largest absolute Gasteiger partial charge is 0.309 e. The molecule has 0 spiro atoms. The maximum absolute atomic E-state index is 13.9. The number of amides is 1. The third kappa shape index (κ3) is 5.13. The number of halogens is 1. The first-order valence-electron chi connectivity index (χ1n) is 11.3. The standard InChI is InChI=1S/C24H29ClN4O3S2/c1-17-10-12-18(13-11-17)34(31,32)29-16-5-8-20(29)23(30)28(15-6-14-27(2)3)24-26-22-19(25)7-4-9-21(22)33-24/h4,7,9-13,20H,5-6,8,14-16H2,1-3H3. The van der Waals surface area contributed by atoms with Crippen LogP contribution in [0.5, 0.6) is 0 Å². The zero-order valence-corrected chi connectivity index (χ0v) is 22.0. The number of anilines is 1. The summed E-state index contributed by atoms with van der Waals surface area (Å²) >= 11 is 7.74. The highest BCUT2D eigenvalue weighted by Gasteiger charge is 2.42. The van der Waals surface area contributed by atoms with Gasteiger partial charge in [0.05, 0.1) is 14.6 Å². The maximum Gasteiger partial charge on any atom is 0.247 e. The highest BCUT2D eigenvalue weighted by atomic mass is 35.5. The van der Waals surface area contributed by atoms with Crippen LogP contribution >= 0.6 is 22.9 Å². The summed E-state index contributed by atoms with van der Waals surface area (Å²) in [5.74, 6) is -0.234. The minimum atomic E-state index is -3.79. The predicted octanol–water partition coefficient (Wildman–Crippen LogP) is 4.40. The van der Waals surface area contributed by atoms with Crippen molar-refractivity contribution < 1.29 is 13.2 Å². The van der Waals surface area contributed by atoms with Crippen LogP contribution in [0.1, 0.15) is 24.8 Å². The van der Waals surface area contributed by atoms with Crippen LogP contribution in [0.4, 0.5) is 5.13 Å². The van der Waals surface area contributed by atoms with Crippen LogP contribution in [0, 0.1) is 6.92 Å². The molecule has 1 atom stereocenters. The van der Waals surface area contributed by atoms with Crippen LogP contribution < -0.4 is 4.90 Å². The third-order valence-corrected chi connectivity index (χ3v) is 9.23. The van der Waals surface area contributed by atoms with Crippen molar-refractivity contribution in [3.8, 4) is 0 Å². The Morgan fingerprint density at radius 2 is 1.91 bits per heavy atom. The van der Waals surface area contributed by atoms with Gasteiger partial charge >= 0.3 is 0 Å². The van der Waals surface area contributed by atoms with Gasteiger partial charge in [0.1, 0.15) is 11.6 Å². The Bertz CT molecular complexity index is 1280. The van der Waals surface area contributed by atoms with E-state index in [1.165, 1.54) is 15.6 Å². The number of aryl methyl sites for hydroxylation is 1. The molecule has 0 bridgehead atoms. The van der Waals surface area contributed by atoms with E-state index in [1.54, 1.807) is 35.2 Å². The average molecular weight is 521 g/mol. The Labute approximate surface area is 210 Å². The van der Waals surface area contributed by atoms with Crippen molar-refractivity contribution in [2.75, 3.05) is 38.6 Å². The Hall–Kier alpha value is -2.04. The van der Waals surface area contributed by atoms with Gasteiger partial charge in [-0.15, -0.1) is 0 Å². The molecule has 1 saturated heterocycles. The van der Waals surface area contributed by atoms with E-state index in [2.05, 4.69) is 9.88 Å². The lowest BCUT2D eigenvalue weighted by Gasteiger charge is -2.29. The number of hydrogen-bond acceptors (Lipinski definition) is 6. The lowest BCUT2D eigenvalue weighted by Crippen LogP contribution is -2.48. The van der Waals surface area contributed by atoms with Gasteiger partial charge in [-0.2, -0.15) is 4.31 Å². The van der Waals surface area contributed by atoms with Crippen molar-refractivity contribution in [2.24, 2.45) is 0 Å². The van der Waals surface area contributed by atoms with Crippen molar-refractivity contribution in [1.29, 1.82) is 0 Å². The first kappa shape index (κ1) is 25.1. The smallest absolute Gasteiger partial charge is 0.247 e. The molecule has 0 aliphatic carbocycles. The van der Waals surface area contributed by atoms with E-state index in [4.69, 9.17) is 11.6 Å². The van der Waals surface area contributed by atoms with Crippen LogP contribution in [0.3, 0.4) is 0 Å². The number of sulfonamides is 1. The summed E-state index contributed by atoms with van der Waals surface area (Å²) in [6.07, 6.45) is 1.86. The molecule has 0 N–H and O–H groups in total. The van der Waals surface area contributed by atoms with Crippen molar-refractivity contribution in [1.82, 2.24) is 14.2 Å². The lowest BCUT2D eigenvalue weighted by molar-refractivity contribution is -0.121. The van der Waals surface area contributed by atoms with E-state index in [-0.39, 0.29) is 10.8 Å². The fraction of sp³-hybridized carbons (Fsp3) is 0.417. The highest BCUT2D eigenvalue weighted by Crippen LogP contribution is 2.35. The van der Waals surface area contributed by atoms with Crippen molar-refractivity contribution in [3.63, 3.8) is 0 Å². The fourth-order valence-corrected chi connectivity index (χ4v) is 7.11. The lowest BCUT2D eigenvalue weighted by atomic mass is 10.2. The van der Waals surface area contributed by atoms with Gasteiger partial charge in [0.25, 0.3) is 0 Å². The number of benzene rings is 2. The molecule has 1 amide bonds. The van der Waals surface area contributed by atoms with Gasteiger partial charge in [0, 0.05) is 13.1 Å². The molecule has 2 aromatic carbocycles. The van der Waals surface area contributed by atoms with Gasteiger partial charge in [-0.05, 0) is 71.1 Å². The normalized spacial score (nSPS) is 17.0. The molecule has 1 aliphatic heterocycles. The molecule has 0 radical (unpaired) electrons. The molecular formula is C24H29ClN4O3S2. The Morgan fingerprint density at radius 3 is 2.59 bits per heavy atom. The molecule has 3 aromatic rings. The summed E-state index contributed by atoms with van der Waals surface area (Å²) in [7, 11) is 0.174. The Balaban J connectivity index is 1.66. The summed E-state index contributed by atoms with van der Waals surface area (Å²) in [5.41, 5.74) is 1.64. The molecule has 4 rings (SSSR count). The number of nitrogens with zero attached hydrogens (tertiary/aromatic N) is 4. The first-order valence-corrected chi connectivity index (χ1v) is 13.9. The van der Waals surface area contributed by atoms with Gasteiger partial charge in [0.2, 0.25) is 15.9 Å². The van der Waals surface area contributed by atoms with Crippen molar-refractivity contribution in [2.45, 2.75) is 37.1 Å². The van der Waals surface area contributed by atoms with Crippen LogP contribution in [-0.2, 0) is 14.8 Å². The summed E-state index contributed by atoms with van der Waals surface area (Å²) in [6.45, 7) is 3.48. The van der Waals surface area contributed by atoms with E-state index in [0.717, 1.165) is 23.2 Å². The second kappa shape index (κ2) is 10.3. The van der Waals surface area contributed by atoms with Crippen LogP contribution in [0.2, 0.25) is 5.02 Å². The SMILES string of the molecule is Cc1ccc(S(=O)(=O)N2CCCC2C(=O)N(CCCN(C)C)c2nc3c(Cl)cccc3s2)cc1. The monoisotopic (exact) mass is 520 g/mol. The number of aromatic nitrogens is 1. The van der Waals surface area contributed by atoms with Gasteiger partial charge in [-0.25, -0.2) is 13.4 Å². The molecule has 2 heterocycles. The van der Waals surface area contributed by atoms with Crippen molar-refractivity contribution >= 4 is 54.2 Å². The number of fused-ring (bicyclic) bond motifs is 1. The fourth-order valence-electron chi connectivity index (χ4n) is 4.16. The van der Waals surface area contributed by atoms with Crippen LogP contribution in [0.15, 0.2) is 47.4 Å². The summed E-state index contributed by atoms with van der Waals surface area (Å²) < 4.78 is 29.1. The molecule has 10 heteroatoms. The summed E-state index contributed by atoms with van der Waals surface area (Å²) in [4.78, 5) is 22.5. The topological polar surface area (TPSA) is 73.8 Å². The zero-order valence-electron chi connectivity index (χ0n) is 19.6. The second-order valence-electron chi connectivity index (χ2n) is 8.82. The quantitative estimate of drug-likeness (QED) is 0.440. The van der Waals surface area contributed by atoms with E-state index in [9.17, 15) is 13.2 Å². The van der Waals surface area contributed by atoms with E-state index >= 15 is 0 Å². The second-order valence-corrected chi connectivity index (χ2v) is 12.1. The van der Waals surface area contributed by atoms with Gasteiger partial charge in [-0.1, -0.05) is 46.7 Å². The molecule has 1 aliphatic rings. The van der Waals surface area contributed by atoms with Crippen LogP contribution in [-0.4, -0.2) is 68.3 Å².